The van der Waals surface area contributed by atoms with Crippen molar-refractivity contribution < 1.29 is 4.79 Å². The highest BCUT2D eigenvalue weighted by Gasteiger charge is 2.38. The minimum Gasteiger partial charge on any atom is -0.313 e. The summed E-state index contributed by atoms with van der Waals surface area (Å²) < 4.78 is 0. The molecule has 18 heavy (non-hydrogen) atoms. The topological polar surface area (TPSA) is 44.1 Å². The fraction of sp³-hybridized carbons (Fsp3) is 0.467. The molecule has 0 N–H and O–H groups in total. The lowest BCUT2D eigenvalue weighted by molar-refractivity contribution is -0.116. The van der Waals surface area contributed by atoms with Gasteiger partial charge in [0, 0.05) is 19.2 Å². The van der Waals surface area contributed by atoms with Crippen LogP contribution in [0, 0.1) is 11.3 Å². The van der Waals surface area contributed by atoms with Crippen LogP contribution >= 0.6 is 0 Å². The van der Waals surface area contributed by atoms with Crippen LogP contribution in [-0.4, -0.2) is 12.5 Å². The fourth-order valence-corrected chi connectivity index (χ4v) is 2.54. The molecule has 1 aromatic carbocycles. The van der Waals surface area contributed by atoms with Gasteiger partial charge in [0.25, 0.3) is 0 Å². The van der Waals surface area contributed by atoms with Crippen LogP contribution in [0.1, 0.15) is 38.7 Å². The molecular weight excluding hydrogens is 224 g/mol. The number of benzene rings is 1. The van der Waals surface area contributed by atoms with Crippen molar-refractivity contribution in [2.24, 2.45) is 0 Å². The molecule has 1 aliphatic rings. The molecule has 0 bridgehead atoms. The quantitative estimate of drug-likeness (QED) is 0.817. The summed E-state index contributed by atoms with van der Waals surface area (Å²) in [4.78, 5) is 13.2. The molecule has 0 atom stereocenters. The lowest BCUT2D eigenvalue weighted by Crippen LogP contribution is -2.32. The van der Waals surface area contributed by atoms with Gasteiger partial charge in [-0.05, 0) is 43.9 Å². The monoisotopic (exact) mass is 242 g/mol. The van der Waals surface area contributed by atoms with Crippen LogP contribution in [0.4, 0.5) is 5.69 Å². The van der Waals surface area contributed by atoms with Crippen molar-refractivity contribution in [3.8, 4) is 6.07 Å². The van der Waals surface area contributed by atoms with Crippen LogP contribution in [0.3, 0.4) is 0 Å². The van der Waals surface area contributed by atoms with Gasteiger partial charge in [-0.15, -0.1) is 0 Å². The molecule has 0 saturated heterocycles. The number of anilines is 1. The van der Waals surface area contributed by atoms with Crippen LogP contribution in [0.5, 0.6) is 0 Å². The van der Waals surface area contributed by atoms with Gasteiger partial charge in [-0.2, -0.15) is 5.26 Å². The molecular formula is C15H18N2O. The van der Waals surface area contributed by atoms with Gasteiger partial charge in [0.15, 0.2) is 0 Å². The zero-order chi connectivity index (χ0) is 13.2. The molecule has 0 radical (unpaired) electrons. The third kappa shape index (κ3) is 1.99. The fourth-order valence-electron chi connectivity index (χ4n) is 2.54. The maximum Gasteiger partial charge on any atom is 0.223 e. The van der Waals surface area contributed by atoms with E-state index in [0.29, 0.717) is 6.54 Å². The molecule has 1 fully saturated rings. The Labute approximate surface area is 108 Å². The van der Waals surface area contributed by atoms with Crippen molar-refractivity contribution in [3.63, 3.8) is 0 Å². The van der Waals surface area contributed by atoms with Gasteiger partial charge in [-0.1, -0.05) is 12.1 Å². The third-order valence-electron chi connectivity index (χ3n) is 3.85. The Morgan fingerprint density at radius 1 is 1.39 bits per heavy atom. The number of nitrogens with zero attached hydrogens (tertiary/aromatic N) is 2. The first-order valence-electron chi connectivity index (χ1n) is 6.43. The normalized spacial score (nSPS) is 16.5. The lowest BCUT2D eigenvalue weighted by atomic mass is 9.65. The minimum atomic E-state index is -0.272. The molecule has 2 rings (SSSR count). The molecule has 0 spiro atoms. The van der Waals surface area contributed by atoms with Gasteiger partial charge in [-0.3, -0.25) is 4.79 Å². The molecule has 3 nitrogen and oxygen atoms in total. The first kappa shape index (κ1) is 12.6. The largest absolute Gasteiger partial charge is 0.313 e. The molecule has 0 unspecified atom stereocenters. The van der Waals surface area contributed by atoms with Gasteiger partial charge in [-0.25, -0.2) is 0 Å². The Bertz CT molecular complexity index is 480. The van der Waals surface area contributed by atoms with Crippen LogP contribution in [0.25, 0.3) is 0 Å². The maximum absolute atomic E-state index is 11.5. The van der Waals surface area contributed by atoms with E-state index >= 15 is 0 Å². The van der Waals surface area contributed by atoms with Crippen LogP contribution in [0.15, 0.2) is 24.3 Å². The third-order valence-corrected chi connectivity index (χ3v) is 3.85. The van der Waals surface area contributed by atoms with Crippen molar-refractivity contribution in [1.82, 2.24) is 0 Å². The van der Waals surface area contributed by atoms with E-state index in [-0.39, 0.29) is 11.3 Å². The second kappa shape index (κ2) is 4.81. The summed E-state index contributed by atoms with van der Waals surface area (Å²) >= 11 is 0. The Morgan fingerprint density at radius 3 is 2.33 bits per heavy atom. The van der Waals surface area contributed by atoms with Crippen molar-refractivity contribution >= 4 is 11.6 Å². The summed E-state index contributed by atoms with van der Waals surface area (Å²) in [6, 6.07) is 10.3. The van der Waals surface area contributed by atoms with Gasteiger partial charge >= 0.3 is 0 Å². The number of nitriles is 1. The lowest BCUT2D eigenvalue weighted by Gasteiger charge is -2.35. The first-order valence-corrected chi connectivity index (χ1v) is 6.43. The molecule has 3 heteroatoms. The van der Waals surface area contributed by atoms with Crippen LogP contribution in [0.2, 0.25) is 0 Å². The van der Waals surface area contributed by atoms with E-state index in [9.17, 15) is 10.1 Å². The number of carbonyl (C=O) groups is 1. The van der Waals surface area contributed by atoms with Crippen molar-refractivity contribution in [1.29, 1.82) is 5.26 Å². The van der Waals surface area contributed by atoms with E-state index in [1.807, 2.05) is 31.2 Å². The smallest absolute Gasteiger partial charge is 0.223 e. The van der Waals surface area contributed by atoms with E-state index in [0.717, 1.165) is 30.5 Å². The van der Waals surface area contributed by atoms with Gasteiger partial charge in [0.1, 0.15) is 0 Å². The second-order valence-corrected chi connectivity index (χ2v) is 4.86. The number of amides is 1. The Kier molecular flexibility index (Phi) is 3.38. The predicted molar refractivity (Wildman–Crippen MR) is 71.3 cm³/mol. The zero-order valence-electron chi connectivity index (χ0n) is 10.9. The standard InChI is InChI=1S/C15H18N2O/c1-3-17(12(2)18)14-7-5-13(6-8-14)15(11-16)9-4-10-15/h5-8H,3-4,9-10H2,1-2H3. The number of carbonyl (C=O) groups excluding carboxylic acids is 1. The average molecular weight is 242 g/mol. The second-order valence-electron chi connectivity index (χ2n) is 4.86. The van der Waals surface area contributed by atoms with Gasteiger partial charge in [0.05, 0.1) is 11.5 Å². The molecule has 1 aromatic rings. The maximum atomic E-state index is 11.5. The Hall–Kier alpha value is -1.82. The van der Waals surface area contributed by atoms with Crippen molar-refractivity contribution in [2.45, 2.75) is 38.5 Å². The Morgan fingerprint density at radius 2 is 2.00 bits per heavy atom. The highest BCUT2D eigenvalue weighted by atomic mass is 16.2. The highest BCUT2D eigenvalue weighted by molar-refractivity contribution is 5.91. The molecule has 1 saturated carbocycles. The molecule has 0 heterocycles. The van der Waals surface area contributed by atoms with Gasteiger partial charge < -0.3 is 4.90 Å². The number of hydrogen-bond donors (Lipinski definition) is 0. The molecule has 1 amide bonds. The summed E-state index contributed by atoms with van der Waals surface area (Å²) in [5, 5.41) is 9.29. The molecule has 0 aromatic heterocycles. The average Bonchev–Trinajstić information content (AvgIpc) is 2.31. The SMILES string of the molecule is CCN(C(C)=O)c1ccc(C2(C#N)CCC2)cc1. The molecule has 1 aliphatic carbocycles. The van der Waals surface area contributed by atoms with Gasteiger partial charge in [0.2, 0.25) is 5.91 Å². The summed E-state index contributed by atoms with van der Waals surface area (Å²) in [5.41, 5.74) is 1.71. The van der Waals surface area contributed by atoms with E-state index < -0.39 is 0 Å². The summed E-state index contributed by atoms with van der Waals surface area (Å²) in [5.74, 6) is 0.0453. The summed E-state index contributed by atoms with van der Waals surface area (Å²) in [6.45, 7) is 4.19. The summed E-state index contributed by atoms with van der Waals surface area (Å²) in [6.07, 6.45) is 3.03. The zero-order valence-corrected chi connectivity index (χ0v) is 10.9. The highest BCUT2D eigenvalue weighted by Crippen LogP contribution is 2.43. The van der Waals surface area contributed by atoms with Crippen molar-refractivity contribution in [3.05, 3.63) is 29.8 Å². The number of hydrogen-bond acceptors (Lipinski definition) is 2. The van der Waals surface area contributed by atoms with E-state index in [1.165, 1.54) is 0 Å². The first-order chi connectivity index (χ1) is 8.63. The summed E-state index contributed by atoms with van der Waals surface area (Å²) in [7, 11) is 0. The van der Waals surface area contributed by atoms with E-state index in [4.69, 9.17) is 0 Å². The van der Waals surface area contributed by atoms with E-state index in [1.54, 1.807) is 11.8 Å². The number of rotatable bonds is 3. The minimum absolute atomic E-state index is 0.0453. The Balaban J connectivity index is 2.25. The molecule has 0 aliphatic heterocycles. The van der Waals surface area contributed by atoms with Crippen molar-refractivity contribution in [2.75, 3.05) is 11.4 Å². The predicted octanol–water partition coefficient (Wildman–Crippen LogP) is 3.00. The van der Waals surface area contributed by atoms with Crippen LogP contribution in [-0.2, 0) is 10.2 Å². The van der Waals surface area contributed by atoms with E-state index in [2.05, 4.69) is 6.07 Å². The van der Waals surface area contributed by atoms with Crippen LogP contribution < -0.4 is 4.90 Å². The molecule has 94 valence electrons.